The Morgan fingerprint density at radius 1 is 1.59 bits per heavy atom. The summed E-state index contributed by atoms with van der Waals surface area (Å²) in [6.45, 7) is 3.17. The van der Waals surface area contributed by atoms with Crippen molar-refractivity contribution >= 4 is 11.8 Å². The summed E-state index contributed by atoms with van der Waals surface area (Å²) in [5.74, 6) is 8.90. The topological polar surface area (TPSA) is 47.3 Å². The van der Waals surface area contributed by atoms with E-state index in [2.05, 4.69) is 12.3 Å². The first-order chi connectivity index (χ1) is 8.29. The number of hydrogen-bond donors (Lipinski definition) is 2. The van der Waals surface area contributed by atoms with Crippen molar-refractivity contribution in [1.29, 1.82) is 0 Å². The van der Waals surface area contributed by atoms with Crippen molar-refractivity contribution in [2.24, 2.45) is 11.8 Å². The Balaban J connectivity index is 1.90. The van der Waals surface area contributed by atoms with Crippen LogP contribution in [-0.2, 0) is 4.74 Å². The maximum Gasteiger partial charge on any atom is 0.0783 e. The average molecular weight is 258 g/mol. The molecule has 2 heterocycles. The lowest BCUT2D eigenvalue weighted by Crippen LogP contribution is -2.48. The predicted molar refractivity (Wildman–Crippen MR) is 74.0 cm³/mol. The van der Waals surface area contributed by atoms with Gasteiger partial charge in [0.2, 0.25) is 0 Å². The molecule has 3 unspecified atom stereocenters. The molecule has 17 heavy (non-hydrogen) atoms. The number of hydrogen-bond acceptors (Lipinski definition) is 4. The molecule has 0 amide bonds. The van der Waals surface area contributed by atoms with Crippen LogP contribution in [0.2, 0.25) is 0 Å². The number of nitrogens with two attached hydrogens (primary N) is 1. The largest absolute Gasteiger partial charge is 0.374 e. The minimum Gasteiger partial charge on any atom is -0.374 e. The van der Waals surface area contributed by atoms with Gasteiger partial charge in [0, 0.05) is 18.4 Å². The fourth-order valence-corrected chi connectivity index (χ4v) is 4.53. The first-order valence-electron chi connectivity index (χ1n) is 6.97. The number of unbranched alkanes of at least 4 members (excludes halogenated alkanes) is 1. The van der Waals surface area contributed by atoms with Crippen LogP contribution in [0.15, 0.2) is 0 Å². The lowest BCUT2D eigenvalue weighted by atomic mass is 9.80. The lowest BCUT2D eigenvalue weighted by molar-refractivity contribution is -0.0856. The Hall–Kier alpha value is 0.230. The monoisotopic (exact) mass is 258 g/mol. The molecule has 0 aromatic rings. The third-order valence-corrected chi connectivity index (χ3v) is 5.47. The Morgan fingerprint density at radius 3 is 3.12 bits per heavy atom. The first-order valence-corrected chi connectivity index (χ1v) is 8.13. The summed E-state index contributed by atoms with van der Waals surface area (Å²) in [4.78, 5) is 0. The Kier molecular flexibility index (Phi) is 5.15. The van der Waals surface area contributed by atoms with Crippen LogP contribution in [0.3, 0.4) is 0 Å². The molecule has 2 aliphatic rings. The fraction of sp³-hybridized carbons (Fsp3) is 1.00. The summed E-state index contributed by atoms with van der Waals surface area (Å²) in [5.41, 5.74) is 3.24. The molecule has 0 saturated carbocycles. The maximum atomic E-state index is 6.07. The molecule has 2 aliphatic heterocycles. The van der Waals surface area contributed by atoms with E-state index >= 15 is 0 Å². The van der Waals surface area contributed by atoms with Crippen LogP contribution < -0.4 is 11.3 Å². The van der Waals surface area contributed by atoms with E-state index in [0.29, 0.717) is 12.0 Å². The molecule has 0 aliphatic carbocycles. The van der Waals surface area contributed by atoms with E-state index in [0.717, 1.165) is 6.61 Å². The first kappa shape index (κ1) is 13.7. The molecule has 2 rings (SSSR count). The molecule has 4 heteroatoms. The van der Waals surface area contributed by atoms with E-state index in [9.17, 15) is 0 Å². The standard InChI is InChI=1S/C13H26N2OS/c1-2-3-4-12(15-14)11-5-7-16-13(9-11)6-8-17-10-13/h11-12,15H,2-10,14H2,1H3. The van der Waals surface area contributed by atoms with Crippen LogP contribution in [0.5, 0.6) is 0 Å². The number of hydrazine groups is 1. The SMILES string of the molecule is CCCCC(NN)C1CCOC2(CCSC2)C1. The Bertz CT molecular complexity index is 231. The van der Waals surface area contributed by atoms with Gasteiger partial charge in [0.15, 0.2) is 0 Å². The van der Waals surface area contributed by atoms with Gasteiger partial charge in [-0.25, -0.2) is 0 Å². The van der Waals surface area contributed by atoms with E-state index in [1.54, 1.807) is 0 Å². The third-order valence-electron chi connectivity index (χ3n) is 4.25. The molecule has 0 aromatic carbocycles. The molecule has 1 spiro atoms. The van der Waals surface area contributed by atoms with Gasteiger partial charge in [-0.1, -0.05) is 19.8 Å². The van der Waals surface area contributed by atoms with Gasteiger partial charge in [-0.15, -0.1) is 0 Å². The third kappa shape index (κ3) is 3.37. The van der Waals surface area contributed by atoms with Crippen LogP contribution in [0.4, 0.5) is 0 Å². The average Bonchev–Trinajstić information content (AvgIpc) is 2.78. The van der Waals surface area contributed by atoms with Gasteiger partial charge in [-0.3, -0.25) is 11.3 Å². The zero-order valence-electron chi connectivity index (χ0n) is 10.9. The molecule has 3 N–H and O–H groups in total. The second-order valence-electron chi connectivity index (χ2n) is 5.50. The van der Waals surface area contributed by atoms with E-state index in [4.69, 9.17) is 10.6 Å². The summed E-state index contributed by atoms with van der Waals surface area (Å²) < 4.78 is 6.07. The second-order valence-corrected chi connectivity index (χ2v) is 6.61. The molecule has 2 fully saturated rings. The second kappa shape index (κ2) is 6.41. The van der Waals surface area contributed by atoms with Gasteiger partial charge in [-0.05, 0) is 37.4 Å². The van der Waals surface area contributed by atoms with Crippen molar-refractivity contribution in [3.8, 4) is 0 Å². The number of thioether (sulfide) groups is 1. The molecule has 0 aromatic heterocycles. The predicted octanol–water partition coefficient (Wildman–Crippen LogP) is 2.31. The highest BCUT2D eigenvalue weighted by Gasteiger charge is 2.42. The van der Waals surface area contributed by atoms with Crippen molar-refractivity contribution < 1.29 is 4.74 Å². The highest BCUT2D eigenvalue weighted by Crippen LogP contribution is 2.41. The minimum atomic E-state index is 0.189. The zero-order valence-corrected chi connectivity index (χ0v) is 11.7. The maximum absolute atomic E-state index is 6.07. The van der Waals surface area contributed by atoms with Gasteiger partial charge in [0.25, 0.3) is 0 Å². The van der Waals surface area contributed by atoms with Crippen LogP contribution >= 0.6 is 11.8 Å². The molecular weight excluding hydrogens is 232 g/mol. The summed E-state index contributed by atoms with van der Waals surface area (Å²) >= 11 is 2.04. The highest BCUT2D eigenvalue weighted by atomic mass is 32.2. The van der Waals surface area contributed by atoms with Crippen LogP contribution in [0.25, 0.3) is 0 Å². The summed E-state index contributed by atoms with van der Waals surface area (Å²) in [6.07, 6.45) is 7.35. The van der Waals surface area contributed by atoms with E-state index in [1.165, 1.54) is 50.0 Å². The van der Waals surface area contributed by atoms with Crippen LogP contribution in [0, 0.1) is 5.92 Å². The molecule has 2 saturated heterocycles. The number of rotatable bonds is 5. The van der Waals surface area contributed by atoms with E-state index in [-0.39, 0.29) is 5.60 Å². The number of ether oxygens (including phenoxy) is 1. The smallest absolute Gasteiger partial charge is 0.0783 e. The van der Waals surface area contributed by atoms with Crippen molar-refractivity contribution in [2.75, 3.05) is 18.1 Å². The molecule has 0 radical (unpaired) electrons. The van der Waals surface area contributed by atoms with Crippen molar-refractivity contribution in [2.45, 2.75) is 57.1 Å². The van der Waals surface area contributed by atoms with Gasteiger partial charge in [0.1, 0.15) is 0 Å². The molecule has 3 atom stereocenters. The van der Waals surface area contributed by atoms with Crippen LogP contribution in [-0.4, -0.2) is 29.8 Å². The number of nitrogens with one attached hydrogen (secondary N) is 1. The van der Waals surface area contributed by atoms with E-state index in [1.807, 2.05) is 11.8 Å². The zero-order chi connectivity index (χ0) is 12.1. The van der Waals surface area contributed by atoms with Gasteiger partial charge >= 0.3 is 0 Å². The quantitative estimate of drug-likeness (QED) is 0.587. The van der Waals surface area contributed by atoms with Crippen molar-refractivity contribution in [3.05, 3.63) is 0 Å². The van der Waals surface area contributed by atoms with Crippen LogP contribution in [0.1, 0.15) is 45.4 Å². The molecule has 3 nitrogen and oxygen atoms in total. The molecule has 100 valence electrons. The van der Waals surface area contributed by atoms with E-state index < -0.39 is 0 Å². The summed E-state index contributed by atoms with van der Waals surface area (Å²) in [7, 11) is 0. The lowest BCUT2D eigenvalue weighted by Gasteiger charge is -2.40. The molecule has 0 bridgehead atoms. The van der Waals surface area contributed by atoms with Gasteiger partial charge in [0.05, 0.1) is 5.60 Å². The summed E-state index contributed by atoms with van der Waals surface area (Å²) in [5, 5.41) is 0. The van der Waals surface area contributed by atoms with Crippen molar-refractivity contribution in [3.63, 3.8) is 0 Å². The van der Waals surface area contributed by atoms with Crippen molar-refractivity contribution in [1.82, 2.24) is 5.43 Å². The normalized spacial score (nSPS) is 35.3. The molecular formula is C13H26N2OS. The van der Waals surface area contributed by atoms with Gasteiger partial charge < -0.3 is 4.74 Å². The van der Waals surface area contributed by atoms with Gasteiger partial charge in [-0.2, -0.15) is 11.8 Å². The Labute approximate surface area is 109 Å². The Morgan fingerprint density at radius 2 is 2.47 bits per heavy atom. The highest BCUT2D eigenvalue weighted by molar-refractivity contribution is 7.99. The fourth-order valence-electron chi connectivity index (χ4n) is 3.15. The minimum absolute atomic E-state index is 0.189. The summed E-state index contributed by atoms with van der Waals surface area (Å²) in [6, 6.07) is 0.487.